The van der Waals surface area contributed by atoms with Crippen LogP contribution in [0.4, 0.5) is 0 Å². The van der Waals surface area contributed by atoms with Crippen LogP contribution >= 0.6 is 0 Å². The predicted octanol–water partition coefficient (Wildman–Crippen LogP) is 3.12. The fourth-order valence-electron chi connectivity index (χ4n) is 1.71. The number of nitrogens with one attached hydrogen (secondary N) is 1. The van der Waals surface area contributed by atoms with E-state index in [1.807, 2.05) is 24.3 Å². The van der Waals surface area contributed by atoms with Gasteiger partial charge in [-0.3, -0.25) is 0 Å². The van der Waals surface area contributed by atoms with Gasteiger partial charge in [-0.2, -0.15) is 0 Å². The molecule has 1 unspecified atom stereocenters. The Balaban J connectivity index is 2.33. The van der Waals surface area contributed by atoms with Crippen LogP contribution in [0.3, 0.4) is 0 Å². The molecule has 0 aliphatic carbocycles. The Morgan fingerprint density at radius 1 is 1.20 bits per heavy atom. The van der Waals surface area contributed by atoms with E-state index in [-0.39, 0.29) is 11.6 Å². The maximum Gasteiger partial charge on any atom is 0.0936 e. The monoisotopic (exact) mass is 277 g/mol. The van der Waals surface area contributed by atoms with Gasteiger partial charge in [0.25, 0.3) is 0 Å². The minimum Gasteiger partial charge on any atom is -0.382 e. The first kappa shape index (κ1) is 16.9. The lowest BCUT2D eigenvalue weighted by molar-refractivity contribution is 0.00912. The molecule has 3 heteroatoms. The van der Waals surface area contributed by atoms with E-state index < -0.39 is 0 Å². The van der Waals surface area contributed by atoms with Crippen LogP contribution in [-0.4, -0.2) is 38.5 Å². The van der Waals surface area contributed by atoms with Gasteiger partial charge in [0.05, 0.1) is 19.3 Å². The molecule has 0 aliphatic rings. The second-order valence-electron chi connectivity index (χ2n) is 5.85. The van der Waals surface area contributed by atoms with E-state index in [1.165, 1.54) is 5.56 Å². The number of methoxy groups -OCH3 is 1. The average Bonchev–Trinajstić information content (AvgIpc) is 2.41. The molecule has 0 heterocycles. The van der Waals surface area contributed by atoms with E-state index in [9.17, 15) is 0 Å². The highest BCUT2D eigenvalue weighted by Crippen LogP contribution is 2.03. The fourth-order valence-corrected chi connectivity index (χ4v) is 1.71. The van der Waals surface area contributed by atoms with Gasteiger partial charge in [-0.1, -0.05) is 42.5 Å². The summed E-state index contributed by atoms with van der Waals surface area (Å²) in [5.41, 5.74) is 1.28. The molecular weight excluding hydrogens is 250 g/mol. The number of hydrogen-bond acceptors (Lipinski definition) is 3. The quantitative estimate of drug-likeness (QED) is 0.792. The van der Waals surface area contributed by atoms with Gasteiger partial charge < -0.3 is 14.8 Å². The lowest BCUT2D eigenvalue weighted by Crippen LogP contribution is -2.43. The van der Waals surface area contributed by atoms with Crippen LogP contribution in [-0.2, 0) is 9.47 Å². The third-order valence-corrected chi connectivity index (χ3v) is 2.75. The van der Waals surface area contributed by atoms with Crippen molar-refractivity contribution in [1.29, 1.82) is 0 Å². The Kier molecular flexibility index (Phi) is 7.52. The second kappa shape index (κ2) is 8.90. The summed E-state index contributed by atoms with van der Waals surface area (Å²) in [5, 5.41) is 3.44. The molecule has 20 heavy (non-hydrogen) atoms. The molecule has 0 radical (unpaired) electrons. The lowest BCUT2D eigenvalue weighted by atomic mass is 10.1. The molecule has 3 nitrogen and oxygen atoms in total. The van der Waals surface area contributed by atoms with Crippen LogP contribution in [0.1, 0.15) is 26.3 Å². The smallest absolute Gasteiger partial charge is 0.0936 e. The third kappa shape index (κ3) is 8.10. The molecule has 0 bridgehead atoms. The van der Waals surface area contributed by atoms with Crippen molar-refractivity contribution in [3.63, 3.8) is 0 Å². The average molecular weight is 277 g/mol. The first-order valence-electron chi connectivity index (χ1n) is 7.08. The van der Waals surface area contributed by atoms with Crippen molar-refractivity contribution in [1.82, 2.24) is 5.32 Å². The van der Waals surface area contributed by atoms with Crippen LogP contribution in [0.2, 0.25) is 0 Å². The number of hydrogen-bond donors (Lipinski definition) is 1. The molecule has 1 aromatic carbocycles. The van der Waals surface area contributed by atoms with Crippen LogP contribution in [0.5, 0.6) is 0 Å². The van der Waals surface area contributed by atoms with Crippen LogP contribution in [0.25, 0.3) is 6.08 Å². The number of rotatable bonds is 8. The zero-order valence-electron chi connectivity index (χ0n) is 13.1. The molecule has 0 spiro atoms. The van der Waals surface area contributed by atoms with E-state index in [1.54, 1.807) is 7.11 Å². The Morgan fingerprint density at radius 2 is 1.90 bits per heavy atom. The van der Waals surface area contributed by atoms with Gasteiger partial charge in [-0.25, -0.2) is 0 Å². The predicted molar refractivity (Wildman–Crippen MR) is 84.8 cm³/mol. The molecule has 1 N–H and O–H groups in total. The van der Waals surface area contributed by atoms with Crippen molar-refractivity contribution < 1.29 is 9.47 Å². The Hall–Kier alpha value is -1.16. The van der Waals surface area contributed by atoms with E-state index in [4.69, 9.17) is 9.47 Å². The molecule has 0 aromatic heterocycles. The first-order chi connectivity index (χ1) is 9.51. The zero-order valence-corrected chi connectivity index (χ0v) is 13.1. The molecule has 0 saturated carbocycles. The molecule has 112 valence electrons. The summed E-state index contributed by atoms with van der Waals surface area (Å²) in [7, 11) is 1.70. The van der Waals surface area contributed by atoms with E-state index in [0.717, 1.165) is 6.54 Å². The number of ether oxygens (including phenoxy) is 2. The van der Waals surface area contributed by atoms with Crippen LogP contribution < -0.4 is 5.32 Å². The van der Waals surface area contributed by atoms with Crippen molar-refractivity contribution in [3.05, 3.63) is 42.0 Å². The maximum atomic E-state index is 5.83. The van der Waals surface area contributed by atoms with Gasteiger partial charge in [-0.15, -0.1) is 0 Å². The minimum absolute atomic E-state index is 0.0691. The highest BCUT2D eigenvalue weighted by atomic mass is 16.5. The summed E-state index contributed by atoms with van der Waals surface area (Å²) in [5.74, 6) is 0. The Labute approximate surface area is 123 Å². The SMILES string of the molecule is COCC(CNC(C)(C)C)OC/C=C/c1ccccc1. The summed E-state index contributed by atoms with van der Waals surface area (Å²) in [6, 6.07) is 10.2. The fraction of sp³-hybridized carbons (Fsp3) is 0.529. The topological polar surface area (TPSA) is 30.5 Å². The van der Waals surface area contributed by atoms with Gasteiger partial charge in [-0.05, 0) is 26.3 Å². The van der Waals surface area contributed by atoms with Crippen molar-refractivity contribution in [2.75, 3.05) is 26.9 Å². The van der Waals surface area contributed by atoms with E-state index in [0.29, 0.717) is 13.2 Å². The summed E-state index contributed by atoms with van der Waals surface area (Å²) in [6.07, 6.45) is 4.18. The highest BCUT2D eigenvalue weighted by molar-refractivity contribution is 5.48. The van der Waals surface area contributed by atoms with Gasteiger partial charge in [0.15, 0.2) is 0 Å². The molecule has 0 saturated heterocycles. The maximum absolute atomic E-state index is 5.83. The van der Waals surface area contributed by atoms with E-state index in [2.05, 4.69) is 44.3 Å². The van der Waals surface area contributed by atoms with Crippen LogP contribution in [0, 0.1) is 0 Å². The Morgan fingerprint density at radius 3 is 2.50 bits per heavy atom. The van der Waals surface area contributed by atoms with Gasteiger partial charge >= 0.3 is 0 Å². The van der Waals surface area contributed by atoms with Crippen molar-refractivity contribution in [2.24, 2.45) is 0 Å². The zero-order chi connectivity index (χ0) is 14.8. The minimum atomic E-state index is 0.0691. The molecule has 0 aliphatic heterocycles. The van der Waals surface area contributed by atoms with Crippen LogP contribution in [0.15, 0.2) is 36.4 Å². The largest absolute Gasteiger partial charge is 0.382 e. The van der Waals surface area contributed by atoms with E-state index >= 15 is 0 Å². The third-order valence-electron chi connectivity index (χ3n) is 2.75. The Bertz CT molecular complexity index is 382. The van der Waals surface area contributed by atoms with Crippen molar-refractivity contribution in [2.45, 2.75) is 32.4 Å². The molecule has 1 aromatic rings. The number of benzene rings is 1. The second-order valence-corrected chi connectivity index (χ2v) is 5.85. The summed E-state index contributed by atoms with van der Waals surface area (Å²) >= 11 is 0. The first-order valence-corrected chi connectivity index (χ1v) is 7.08. The molecule has 1 rings (SSSR count). The van der Waals surface area contributed by atoms with Gasteiger partial charge in [0, 0.05) is 19.2 Å². The highest BCUT2D eigenvalue weighted by Gasteiger charge is 2.14. The van der Waals surface area contributed by atoms with Gasteiger partial charge in [0.1, 0.15) is 0 Å². The molecule has 0 fully saturated rings. The summed E-state index contributed by atoms with van der Waals surface area (Å²) < 4.78 is 11.0. The summed E-state index contributed by atoms with van der Waals surface area (Å²) in [6.45, 7) is 8.41. The molecular formula is C17H27NO2. The summed E-state index contributed by atoms with van der Waals surface area (Å²) in [4.78, 5) is 0. The standard InChI is InChI=1S/C17H27NO2/c1-17(2,3)18-13-16(14-19-4)20-12-8-11-15-9-6-5-7-10-15/h5-11,16,18H,12-14H2,1-4H3/b11-8+. The van der Waals surface area contributed by atoms with Gasteiger partial charge in [0.2, 0.25) is 0 Å². The lowest BCUT2D eigenvalue weighted by Gasteiger charge is -2.24. The van der Waals surface area contributed by atoms with Crippen molar-refractivity contribution >= 4 is 6.08 Å². The van der Waals surface area contributed by atoms with Crippen molar-refractivity contribution in [3.8, 4) is 0 Å². The molecule has 0 amide bonds. The molecule has 1 atom stereocenters. The normalized spacial score (nSPS) is 13.8.